The monoisotopic (exact) mass is 438 g/mol. The Kier molecular flexibility index (Phi) is 6.77. The first kappa shape index (κ1) is 22.3. The van der Waals surface area contributed by atoms with E-state index in [0.29, 0.717) is 25.1 Å². The number of carbonyl (C=O) groups is 2. The molecule has 6 heteroatoms. The lowest BCUT2D eigenvalue weighted by atomic mass is 9.87. The number of nitrogens with zero attached hydrogens (tertiary/aromatic N) is 2. The van der Waals surface area contributed by atoms with Crippen LogP contribution in [0.1, 0.15) is 62.3 Å². The predicted octanol–water partition coefficient (Wildman–Crippen LogP) is 4.49. The topological polar surface area (TPSA) is 49.9 Å². The molecule has 0 aliphatic carbocycles. The van der Waals surface area contributed by atoms with Crippen molar-refractivity contribution in [3.05, 3.63) is 65.0 Å². The normalized spacial score (nSPS) is 18.9. The van der Waals surface area contributed by atoms with Gasteiger partial charge in [0.2, 0.25) is 5.91 Å². The van der Waals surface area contributed by atoms with Crippen molar-refractivity contribution in [2.75, 3.05) is 19.6 Å². The van der Waals surface area contributed by atoms with Crippen LogP contribution in [-0.4, -0.2) is 47.4 Å². The van der Waals surface area contributed by atoms with E-state index < -0.39 is 6.10 Å². The van der Waals surface area contributed by atoms with E-state index in [1.165, 1.54) is 12.1 Å². The Morgan fingerprint density at radius 3 is 2.56 bits per heavy atom. The van der Waals surface area contributed by atoms with Crippen LogP contribution in [0.2, 0.25) is 0 Å². The van der Waals surface area contributed by atoms with Gasteiger partial charge < -0.3 is 14.5 Å². The van der Waals surface area contributed by atoms with Crippen molar-refractivity contribution in [2.24, 2.45) is 0 Å². The lowest BCUT2D eigenvalue weighted by Gasteiger charge is -2.38. The van der Waals surface area contributed by atoms with E-state index >= 15 is 0 Å². The van der Waals surface area contributed by atoms with E-state index in [-0.39, 0.29) is 23.7 Å². The molecule has 1 saturated heterocycles. The first-order chi connectivity index (χ1) is 15.5. The number of fused-ring (bicyclic) bond motifs is 1. The second kappa shape index (κ2) is 9.72. The van der Waals surface area contributed by atoms with Gasteiger partial charge in [-0.1, -0.05) is 32.0 Å². The van der Waals surface area contributed by atoms with Crippen molar-refractivity contribution >= 4 is 11.8 Å². The van der Waals surface area contributed by atoms with Crippen molar-refractivity contribution in [1.29, 1.82) is 0 Å². The molecule has 1 fully saturated rings. The van der Waals surface area contributed by atoms with Gasteiger partial charge in [-0.25, -0.2) is 4.39 Å². The summed E-state index contributed by atoms with van der Waals surface area (Å²) in [5, 5.41) is 0. The summed E-state index contributed by atoms with van der Waals surface area (Å²) < 4.78 is 20.2. The summed E-state index contributed by atoms with van der Waals surface area (Å²) in [4.78, 5) is 29.3. The lowest BCUT2D eigenvalue weighted by Crippen LogP contribution is -2.41. The van der Waals surface area contributed by atoms with Crippen LogP contribution in [0.5, 0.6) is 5.75 Å². The molecule has 170 valence electrons. The highest BCUT2D eigenvalue weighted by atomic mass is 19.1. The second-order valence-corrected chi connectivity index (χ2v) is 8.56. The maximum Gasteiger partial charge on any atom is 0.263 e. The highest BCUT2D eigenvalue weighted by Crippen LogP contribution is 2.38. The maximum absolute atomic E-state index is 14.1. The van der Waals surface area contributed by atoms with Crippen LogP contribution in [0.15, 0.2) is 42.5 Å². The Balaban J connectivity index is 1.67. The molecule has 0 N–H and O–H groups in total. The number of benzene rings is 2. The third-order valence-corrected chi connectivity index (χ3v) is 6.48. The molecule has 32 heavy (non-hydrogen) atoms. The SMILES string of the molecule is CCC(=O)N1CCc2ccc(OC(CC)C(=O)N3CCCC3)cc2C1c1cccc(F)c1. The van der Waals surface area contributed by atoms with Crippen molar-refractivity contribution in [3.8, 4) is 5.75 Å². The molecule has 2 aliphatic heterocycles. The minimum Gasteiger partial charge on any atom is -0.481 e. The molecule has 2 amide bonds. The van der Waals surface area contributed by atoms with Crippen LogP contribution in [0.4, 0.5) is 4.39 Å². The molecule has 0 radical (unpaired) electrons. The third kappa shape index (κ3) is 4.50. The largest absolute Gasteiger partial charge is 0.481 e. The van der Waals surface area contributed by atoms with Gasteiger partial charge in [0.1, 0.15) is 11.6 Å². The van der Waals surface area contributed by atoms with Gasteiger partial charge in [0.25, 0.3) is 5.91 Å². The molecular weight excluding hydrogens is 407 g/mol. The zero-order valence-corrected chi connectivity index (χ0v) is 18.9. The molecule has 0 bridgehead atoms. The van der Waals surface area contributed by atoms with Gasteiger partial charge in [0.15, 0.2) is 6.10 Å². The van der Waals surface area contributed by atoms with Gasteiger partial charge in [-0.05, 0) is 66.6 Å². The van der Waals surface area contributed by atoms with Gasteiger partial charge in [-0.15, -0.1) is 0 Å². The molecule has 2 atom stereocenters. The van der Waals surface area contributed by atoms with Gasteiger partial charge in [-0.2, -0.15) is 0 Å². The van der Waals surface area contributed by atoms with E-state index in [1.807, 2.05) is 47.9 Å². The van der Waals surface area contributed by atoms with Crippen LogP contribution in [-0.2, 0) is 16.0 Å². The molecule has 4 rings (SSSR count). The van der Waals surface area contributed by atoms with Crippen LogP contribution in [0, 0.1) is 5.82 Å². The number of hydrogen-bond acceptors (Lipinski definition) is 3. The number of carbonyl (C=O) groups excluding carboxylic acids is 2. The zero-order chi connectivity index (χ0) is 22.7. The fraction of sp³-hybridized carbons (Fsp3) is 0.462. The minimum atomic E-state index is -0.532. The van der Waals surface area contributed by atoms with Crippen LogP contribution < -0.4 is 4.74 Å². The summed E-state index contributed by atoms with van der Waals surface area (Å²) in [7, 11) is 0. The first-order valence-electron chi connectivity index (χ1n) is 11.6. The molecular formula is C26H31FN2O3. The van der Waals surface area contributed by atoms with Gasteiger partial charge in [-0.3, -0.25) is 9.59 Å². The number of ether oxygens (including phenoxy) is 1. The summed E-state index contributed by atoms with van der Waals surface area (Å²) in [5.74, 6) is 0.350. The number of likely N-dealkylation sites (tertiary alicyclic amines) is 1. The highest BCUT2D eigenvalue weighted by Gasteiger charge is 2.33. The number of halogens is 1. The van der Waals surface area contributed by atoms with Crippen molar-refractivity contribution in [3.63, 3.8) is 0 Å². The second-order valence-electron chi connectivity index (χ2n) is 8.56. The Hall–Kier alpha value is -2.89. The van der Waals surface area contributed by atoms with E-state index in [0.717, 1.165) is 49.0 Å². The smallest absolute Gasteiger partial charge is 0.263 e. The summed E-state index contributed by atoms with van der Waals surface area (Å²) in [6.07, 6.45) is 3.25. The first-order valence-corrected chi connectivity index (χ1v) is 11.6. The van der Waals surface area contributed by atoms with Crippen LogP contribution in [0.3, 0.4) is 0 Å². The number of amides is 2. The summed E-state index contributed by atoms with van der Waals surface area (Å²) >= 11 is 0. The Morgan fingerprint density at radius 1 is 1.09 bits per heavy atom. The van der Waals surface area contributed by atoms with E-state index in [2.05, 4.69) is 0 Å². The fourth-order valence-corrected chi connectivity index (χ4v) is 4.79. The van der Waals surface area contributed by atoms with Crippen molar-refractivity contribution < 1.29 is 18.7 Å². The number of hydrogen-bond donors (Lipinski definition) is 0. The zero-order valence-electron chi connectivity index (χ0n) is 18.9. The average molecular weight is 439 g/mol. The standard InChI is InChI=1S/C26H31FN2O3/c1-3-23(26(31)28-13-5-6-14-28)32-21-11-10-18-12-15-29(24(30)4-2)25(22(18)17-21)19-8-7-9-20(27)16-19/h7-11,16-17,23,25H,3-6,12-15H2,1-2H3. The van der Waals surface area contributed by atoms with Gasteiger partial charge in [0, 0.05) is 26.1 Å². The van der Waals surface area contributed by atoms with E-state index in [1.54, 1.807) is 6.07 Å². The highest BCUT2D eigenvalue weighted by molar-refractivity contribution is 5.81. The third-order valence-electron chi connectivity index (χ3n) is 6.48. The quantitative estimate of drug-likeness (QED) is 0.668. The molecule has 0 spiro atoms. The average Bonchev–Trinajstić information content (AvgIpc) is 3.35. The van der Waals surface area contributed by atoms with Gasteiger partial charge in [0.05, 0.1) is 6.04 Å². The Labute approximate surface area is 189 Å². The molecule has 2 unspecified atom stereocenters. The molecule has 2 aromatic carbocycles. The molecule has 2 aliphatic rings. The van der Waals surface area contributed by atoms with E-state index in [9.17, 15) is 14.0 Å². The summed E-state index contributed by atoms with van der Waals surface area (Å²) in [6.45, 7) is 5.97. The molecule has 0 aromatic heterocycles. The van der Waals surface area contributed by atoms with Crippen molar-refractivity contribution in [1.82, 2.24) is 9.80 Å². The van der Waals surface area contributed by atoms with Gasteiger partial charge >= 0.3 is 0 Å². The van der Waals surface area contributed by atoms with Crippen LogP contribution in [0.25, 0.3) is 0 Å². The molecule has 2 heterocycles. The molecule has 5 nitrogen and oxygen atoms in total. The lowest BCUT2D eigenvalue weighted by molar-refractivity contribution is -0.137. The van der Waals surface area contributed by atoms with Crippen LogP contribution >= 0.6 is 0 Å². The fourth-order valence-electron chi connectivity index (χ4n) is 4.79. The number of rotatable bonds is 6. The maximum atomic E-state index is 14.1. The Morgan fingerprint density at radius 2 is 1.88 bits per heavy atom. The Bertz CT molecular complexity index is 987. The molecule has 0 saturated carbocycles. The molecule has 2 aromatic rings. The summed E-state index contributed by atoms with van der Waals surface area (Å²) in [6, 6.07) is 11.9. The summed E-state index contributed by atoms with van der Waals surface area (Å²) in [5.41, 5.74) is 2.79. The van der Waals surface area contributed by atoms with Crippen molar-refractivity contribution in [2.45, 2.75) is 58.1 Å². The predicted molar refractivity (Wildman–Crippen MR) is 121 cm³/mol. The minimum absolute atomic E-state index is 0.0341. The van der Waals surface area contributed by atoms with E-state index in [4.69, 9.17) is 4.74 Å².